The average Bonchev–Trinajstić information content (AvgIpc) is 2.99. The molecule has 1 aromatic heterocycles. The molecule has 0 bridgehead atoms. The summed E-state index contributed by atoms with van der Waals surface area (Å²) in [5.74, 6) is 0.711. The Morgan fingerprint density at radius 2 is 1.62 bits per heavy atom. The molecule has 0 spiro atoms. The first-order valence-electron chi connectivity index (χ1n) is 7.81. The predicted molar refractivity (Wildman–Crippen MR) is 102 cm³/mol. The van der Waals surface area contributed by atoms with Crippen LogP contribution in [-0.2, 0) is 4.79 Å². The Bertz CT molecular complexity index is 905. The monoisotopic (exact) mass is 373 g/mol. The van der Waals surface area contributed by atoms with Crippen molar-refractivity contribution in [2.45, 2.75) is 18.7 Å². The van der Waals surface area contributed by atoms with Gasteiger partial charge in [-0.25, -0.2) is 0 Å². The molecule has 4 N–H and O–H groups in total. The summed E-state index contributed by atoms with van der Waals surface area (Å²) in [7, 11) is -3.24. The van der Waals surface area contributed by atoms with Crippen LogP contribution in [0.15, 0.2) is 64.0 Å². The molecule has 0 atom stereocenters. The topological polar surface area (TPSA) is 108 Å². The highest BCUT2D eigenvalue weighted by Crippen LogP contribution is 2.47. The van der Waals surface area contributed by atoms with Crippen molar-refractivity contribution < 1.29 is 18.4 Å². The Morgan fingerprint density at radius 3 is 2.12 bits per heavy atom. The van der Waals surface area contributed by atoms with Crippen molar-refractivity contribution in [2.24, 2.45) is 0 Å². The third-order valence-corrected chi connectivity index (χ3v) is 5.02. The molecule has 0 aliphatic heterocycles. The van der Waals surface area contributed by atoms with Crippen LogP contribution in [0.1, 0.15) is 12.7 Å². The maximum atomic E-state index is 11.1. The fourth-order valence-corrected chi connectivity index (χ4v) is 3.43. The van der Waals surface area contributed by atoms with Gasteiger partial charge >= 0.3 is 0 Å². The summed E-state index contributed by atoms with van der Waals surface area (Å²) in [6.07, 6.45) is 0. The minimum atomic E-state index is -3.24. The molecule has 8 heteroatoms. The van der Waals surface area contributed by atoms with Crippen molar-refractivity contribution >= 4 is 28.2 Å². The van der Waals surface area contributed by atoms with E-state index in [2.05, 4.69) is 15.2 Å². The number of rotatable bonds is 5. The first kappa shape index (κ1) is 18.0. The van der Waals surface area contributed by atoms with Gasteiger partial charge in [-0.2, -0.15) is 0 Å². The van der Waals surface area contributed by atoms with E-state index in [1.165, 1.54) is 6.92 Å². The van der Waals surface area contributed by atoms with Crippen LogP contribution in [0.25, 0.3) is 11.1 Å². The van der Waals surface area contributed by atoms with Gasteiger partial charge in [0, 0.05) is 18.7 Å². The molecule has 0 aliphatic carbocycles. The van der Waals surface area contributed by atoms with E-state index in [1.54, 1.807) is 37.3 Å². The van der Waals surface area contributed by atoms with E-state index >= 15 is 0 Å². The van der Waals surface area contributed by atoms with Crippen LogP contribution in [0.3, 0.4) is 0 Å². The van der Waals surface area contributed by atoms with E-state index in [-0.39, 0.29) is 11.7 Å². The second kappa shape index (κ2) is 7.20. The number of benzene rings is 2. The fourth-order valence-electron chi connectivity index (χ4n) is 2.41. The van der Waals surface area contributed by atoms with E-state index in [1.807, 2.05) is 24.3 Å². The van der Waals surface area contributed by atoms with E-state index in [9.17, 15) is 13.9 Å². The first-order chi connectivity index (χ1) is 12.3. The molecule has 0 saturated carbocycles. The SMILES string of the molecule is CC(=O)Nc1ccc(-c2ccc(S(O)(O)Nc3cc(C)on3)cc2)cc1. The number of amides is 1. The quantitative estimate of drug-likeness (QED) is 0.514. The smallest absolute Gasteiger partial charge is 0.221 e. The van der Waals surface area contributed by atoms with E-state index < -0.39 is 10.8 Å². The summed E-state index contributed by atoms with van der Waals surface area (Å²) < 4.78 is 28.2. The number of hydrogen-bond acceptors (Lipinski definition) is 6. The zero-order valence-corrected chi connectivity index (χ0v) is 15.1. The molecule has 0 fully saturated rings. The summed E-state index contributed by atoms with van der Waals surface area (Å²) in [4.78, 5) is 11.4. The number of carbonyl (C=O) groups is 1. The lowest BCUT2D eigenvalue weighted by molar-refractivity contribution is -0.114. The molecule has 26 heavy (non-hydrogen) atoms. The van der Waals surface area contributed by atoms with Crippen LogP contribution in [0, 0.1) is 6.92 Å². The van der Waals surface area contributed by atoms with Gasteiger partial charge in [0.2, 0.25) is 5.91 Å². The van der Waals surface area contributed by atoms with Crippen LogP contribution in [-0.4, -0.2) is 20.2 Å². The van der Waals surface area contributed by atoms with E-state index in [4.69, 9.17) is 4.52 Å². The van der Waals surface area contributed by atoms with Gasteiger partial charge in [0.25, 0.3) is 0 Å². The molecule has 0 aliphatic rings. The van der Waals surface area contributed by atoms with Crippen molar-refractivity contribution in [1.82, 2.24) is 5.16 Å². The van der Waals surface area contributed by atoms with E-state index in [0.717, 1.165) is 16.8 Å². The van der Waals surface area contributed by atoms with Crippen molar-refractivity contribution in [3.8, 4) is 11.1 Å². The highest BCUT2D eigenvalue weighted by Gasteiger charge is 2.17. The number of nitrogens with zero attached hydrogens (tertiary/aromatic N) is 1. The number of aromatic nitrogens is 1. The molecule has 3 aromatic rings. The van der Waals surface area contributed by atoms with Crippen LogP contribution < -0.4 is 10.0 Å². The molecule has 0 saturated heterocycles. The fraction of sp³-hybridized carbons (Fsp3) is 0.111. The molecule has 1 heterocycles. The van der Waals surface area contributed by atoms with Crippen LogP contribution in [0.5, 0.6) is 0 Å². The molecule has 2 aromatic carbocycles. The van der Waals surface area contributed by atoms with Crippen molar-refractivity contribution in [2.75, 3.05) is 10.0 Å². The van der Waals surface area contributed by atoms with Crippen LogP contribution >= 0.6 is 10.8 Å². The molecule has 136 valence electrons. The lowest BCUT2D eigenvalue weighted by Crippen LogP contribution is -2.09. The molecular weight excluding hydrogens is 354 g/mol. The van der Waals surface area contributed by atoms with Gasteiger partial charge in [-0.15, -0.1) is 0 Å². The normalized spacial score (nSPS) is 11.8. The zero-order valence-electron chi connectivity index (χ0n) is 14.3. The molecular formula is C18H19N3O4S. The Kier molecular flexibility index (Phi) is 4.99. The van der Waals surface area contributed by atoms with Gasteiger partial charge in [-0.3, -0.25) is 18.6 Å². The molecule has 7 nitrogen and oxygen atoms in total. The third-order valence-electron chi connectivity index (χ3n) is 3.60. The van der Waals surface area contributed by atoms with Crippen molar-refractivity contribution in [3.05, 3.63) is 60.4 Å². The first-order valence-corrected chi connectivity index (χ1v) is 9.35. The standard InChI is InChI=1S/C18H19N3O4S/c1-12-11-18(20-25-12)21-26(23,24)17-9-5-15(6-10-17)14-3-7-16(8-4-14)19-13(2)22/h3-11,23-24H,1-2H3,(H,19,22)(H,20,21). The second-order valence-electron chi connectivity index (χ2n) is 5.76. The van der Waals surface area contributed by atoms with Gasteiger partial charge in [-0.05, 0) is 42.3 Å². The number of nitrogens with one attached hydrogen (secondary N) is 2. The van der Waals surface area contributed by atoms with E-state index in [0.29, 0.717) is 10.7 Å². The highest BCUT2D eigenvalue weighted by atomic mass is 32.3. The lowest BCUT2D eigenvalue weighted by Gasteiger charge is -2.32. The summed E-state index contributed by atoms with van der Waals surface area (Å²) in [6.45, 7) is 3.18. The molecule has 0 unspecified atom stereocenters. The Labute approximate surface area is 152 Å². The largest absolute Gasteiger partial charge is 0.360 e. The maximum Gasteiger partial charge on any atom is 0.221 e. The Balaban J connectivity index is 1.76. The summed E-state index contributed by atoms with van der Waals surface area (Å²) in [5, 5.41) is 6.42. The average molecular weight is 373 g/mol. The lowest BCUT2D eigenvalue weighted by atomic mass is 10.1. The number of aryl methyl sites for hydroxylation is 1. The Hall–Kier alpha value is -2.81. The summed E-state index contributed by atoms with van der Waals surface area (Å²) in [6, 6.07) is 15.9. The van der Waals surface area contributed by atoms with Crippen LogP contribution in [0.2, 0.25) is 0 Å². The highest BCUT2D eigenvalue weighted by molar-refractivity contribution is 8.25. The predicted octanol–water partition coefficient (Wildman–Crippen LogP) is 4.75. The second-order valence-corrected chi connectivity index (χ2v) is 7.53. The molecule has 0 radical (unpaired) electrons. The van der Waals surface area contributed by atoms with Crippen molar-refractivity contribution in [1.29, 1.82) is 0 Å². The minimum Gasteiger partial charge on any atom is -0.360 e. The number of hydrogen-bond donors (Lipinski definition) is 4. The maximum absolute atomic E-state index is 11.1. The minimum absolute atomic E-state index is 0.123. The third kappa shape index (κ3) is 4.23. The summed E-state index contributed by atoms with van der Waals surface area (Å²) >= 11 is 0. The van der Waals surface area contributed by atoms with Gasteiger partial charge in [0.1, 0.15) is 5.76 Å². The summed E-state index contributed by atoms with van der Waals surface area (Å²) in [5.41, 5.74) is 2.58. The zero-order chi connectivity index (χ0) is 18.7. The Morgan fingerprint density at radius 1 is 1.04 bits per heavy atom. The molecule has 3 rings (SSSR count). The van der Waals surface area contributed by atoms with Crippen LogP contribution in [0.4, 0.5) is 11.5 Å². The van der Waals surface area contributed by atoms with Gasteiger partial charge in [-0.1, -0.05) is 40.2 Å². The molecule has 1 amide bonds. The van der Waals surface area contributed by atoms with Gasteiger partial charge in [0.15, 0.2) is 5.82 Å². The number of anilines is 2. The number of carbonyl (C=O) groups excluding carboxylic acids is 1. The van der Waals surface area contributed by atoms with Crippen molar-refractivity contribution in [3.63, 3.8) is 0 Å². The van der Waals surface area contributed by atoms with Gasteiger partial charge < -0.3 is 9.84 Å². The van der Waals surface area contributed by atoms with Gasteiger partial charge in [0.05, 0.1) is 4.90 Å².